The molecule has 0 fully saturated rings. The lowest BCUT2D eigenvalue weighted by Crippen LogP contribution is -2.19. The molecule has 0 spiro atoms. The third kappa shape index (κ3) is 3.36. The van der Waals surface area contributed by atoms with Crippen LogP contribution in [0.15, 0.2) is 24.3 Å². The molecule has 1 aromatic rings. The topological polar surface area (TPSA) is 89.6 Å². The van der Waals surface area contributed by atoms with Crippen LogP contribution in [0.25, 0.3) is 0 Å². The number of carboxylic acid groups (broad SMARTS) is 1. The summed E-state index contributed by atoms with van der Waals surface area (Å²) >= 11 is 0. The minimum Gasteiger partial charge on any atom is -0.479 e. The number of carbonyl (C=O) groups excluding carboxylic acids is 1. The Morgan fingerprint density at radius 3 is 2.38 bits per heavy atom. The lowest BCUT2D eigenvalue weighted by Gasteiger charge is -2.08. The van der Waals surface area contributed by atoms with Crippen LogP contribution < -0.4 is 5.73 Å². The van der Waals surface area contributed by atoms with Gasteiger partial charge in [0.2, 0.25) is 5.91 Å². The Morgan fingerprint density at radius 2 is 1.94 bits per heavy atom. The molecular formula is C11H13NO4. The second-order valence-corrected chi connectivity index (χ2v) is 3.35. The minimum absolute atomic E-state index is 0.187. The van der Waals surface area contributed by atoms with Gasteiger partial charge in [0.25, 0.3) is 0 Å². The molecule has 1 unspecified atom stereocenters. The number of carboxylic acids is 1. The van der Waals surface area contributed by atoms with Gasteiger partial charge in [-0.15, -0.1) is 0 Å². The third-order valence-electron chi connectivity index (χ3n) is 2.09. The Hall–Kier alpha value is -1.88. The van der Waals surface area contributed by atoms with Crippen molar-refractivity contribution < 1.29 is 19.4 Å². The van der Waals surface area contributed by atoms with E-state index in [0.29, 0.717) is 5.56 Å². The molecule has 1 amide bonds. The van der Waals surface area contributed by atoms with Gasteiger partial charge < -0.3 is 15.6 Å². The zero-order valence-corrected chi connectivity index (χ0v) is 8.84. The fourth-order valence-corrected chi connectivity index (χ4v) is 1.06. The molecular weight excluding hydrogens is 210 g/mol. The van der Waals surface area contributed by atoms with Crippen LogP contribution in [-0.4, -0.2) is 23.1 Å². The summed E-state index contributed by atoms with van der Waals surface area (Å²) < 4.78 is 5.07. The van der Waals surface area contributed by atoms with Crippen molar-refractivity contribution in [1.29, 1.82) is 0 Å². The van der Waals surface area contributed by atoms with Crippen LogP contribution in [0.5, 0.6) is 0 Å². The highest BCUT2D eigenvalue weighted by Gasteiger charge is 2.10. The highest BCUT2D eigenvalue weighted by Crippen LogP contribution is 2.06. The van der Waals surface area contributed by atoms with Crippen molar-refractivity contribution in [3.05, 3.63) is 35.4 Å². The molecule has 0 aliphatic heterocycles. The van der Waals surface area contributed by atoms with Crippen molar-refractivity contribution in [3.8, 4) is 0 Å². The number of aliphatic carboxylic acids is 1. The van der Waals surface area contributed by atoms with Gasteiger partial charge in [-0.05, 0) is 24.6 Å². The Balaban J connectivity index is 2.56. The van der Waals surface area contributed by atoms with Crippen molar-refractivity contribution in [1.82, 2.24) is 0 Å². The fourth-order valence-electron chi connectivity index (χ4n) is 1.06. The van der Waals surface area contributed by atoms with Crippen LogP contribution in [-0.2, 0) is 16.1 Å². The molecule has 5 heteroatoms. The average molecular weight is 223 g/mol. The zero-order chi connectivity index (χ0) is 12.1. The average Bonchev–Trinajstić information content (AvgIpc) is 2.26. The summed E-state index contributed by atoms with van der Waals surface area (Å²) in [5.74, 6) is -1.50. The number of rotatable bonds is 5. The SMILES string of the molecule is CC(OCc1ccc(C(N)=O)cc1)C(=O)O. The zero-order valence-electron chi connectivity index (χ0n) is 8.84. The molecule has 1 atom stereocenters. The number of hydrogen-bond acceptors (Lipinski definition) is 3. The summed E-state index contributed by atoms with van der Waals surface area (Å²) in [6.45, 7) is 1.65. The van der Waals surface area contributed by atoms with Crippen LogP contribution in [0.3, 0.4) is 0 Å². The maximum atomic E-state index is 10.8. The van der Waals surface area contributed by atoms with E-state index in [0.717, 1.165) is 5.56 Å². The highest BCUT2D eigenvalue weighted by molar-refractivity contribution is 5.92. The largest absolute Gasteiger partial charge is 0.479 e. The van der Waals surface area contributed by atoms with E-state index < -0.39 is 18.0 Å². The summed E-state index contributed by atoms with van der Waals surface area (Å²) in [4.78, 5) is 21.3. The second-order valence-electron chi connectivity index (χ2n) is 3.35. The third-order valence-corrected chi connectivity index (χ3v) is 2.09. The summed E-state index contributed by atoms with van der Waals surface area (Å²) in [6.07, 6.45) is -0.851. The standard InChI is InChI=1S/C11H13NO4/c1-7(11(14)15)16-6-8-2-4-9(5-3-8)10(12)13/h2-5,7H,6H2,1H3,(H2,12,13)(H,14,15). The Labute approximate surface area is 92.8 Å². The van der Waals surface area contributed by atoms with Gasteiger partial charge in [-0.25, -0.2) is 4.79 Å². The number of amides is 1. The van der Waals surface area contributed by atoms with Crippen molar-refractivity contribution in [2.24, 2.45) is 5.73 Å². The molecule has 0 bridgehead atoms. The number of carbonyl (C=O) groups is 2. The quantitative estimate of drug-likeness (QED) is 0.771. The normalized spacial score (nSPS) is 12.1. The van der Waals surface area contributed by atoms with Gasteiger partial charge in [-0.3, -0.25) is 4.79 Å². The molecule has 0 heterocycles. The lowest BCUT2D eigenvalue weighted by atomic mass is 10.1. The smallest absolute Gasteiger partial charge is 0.332 e. The molecule has 0 aliphatic carbocycles. The first-order chi connectivity index (χ1) is 7.50. The van der Waals surface area contributed by atoms with E-state index in [1.807, 2.05) is 0 Å². The predicted octanol–water partition coefficient (Wildman–Crippen LogP) is 0.775. The van der Waals surface area contributed by atoms with Gasteiger partial charge in [-0.2, -0.15) is 0 Å². The van der Waals surface area contributed by atoms with E-state index in [-0.39, 0.29) is 6.61 Å². The Morgan fingerprint density at radius 1 is 1.38 bits per heavy atom. The van der Waals surface area contributed by atoms with E-state index >= 15 is 0 Å². The molecule has 1 aromatic carbocycles. The van der Waals surface area contributed by atoms with E-state index in [1.165, 1.54) is 6.92 Å². The van der Waals surface area contributed by atoms with Crippen LogP contribution in [0.4, 0.5) is 0 Å². The van der Waals surface area contributed by atoms with Crippen molar-refractivity contribution in [2.45, 2.75) is 19.6 Å². The Bertz CT molecular complexity index is 385. The number of primary amides is 1. The minimum atomic E-state index is -1.01. The van der Waals surface area contributed by atoms with Gasteiger partial charge in [0.1, 0.15) is 0 Å². The monoisotopic (exact) mass is 223 g/mol. The lowest BCUT2D eigenvalue weighted by molar-refractivity contribution is -0.149. The first-order valence-corrected chi connectivity index (χ1v) is 4.74. The molecule has 0 radical (unpaired) electrons. The molecule has 16 heavy (non-hydrogen) atoms. The Kier molecular flexibility index (Phi) is 4.02. The number of ether oxygens (including phenoxy) is 1. The first kappa shape index (κ1) is 12.2. The van der Waals surface area contributed by atoms with Gasteiger partial charge in [-0.1, -0.05) is 12.1 Å². The fraction of sp³-hybridized carbons (Fsp3) is 0.273. The van der Waals surface area contributed by atoms with Gasteiger partial charge in [0, 0.05) is 5.56 Å². The van der Waals surface area contributed by atoms with Crippen molar-refractivity contribution in [2.75, 3.05) is 0 Å². The molecule has 1 rings (SSSR count). The van der Waals surface area contributed by atoms with E-state index in [1.54, 1.807) is 24.3 Å². The number of nitrogens with two attached hydrogens (primary N) is 1. The summed E-state index contributed by atoms with van der Waals surface area (Å²) in [6, 6.07) is 6.50. The maximum Gasteiger partial charge on any atom is 0.332 e. The number of benzene rings is 1. The van der Waals surface area contributed by atoms with Crippen LogP contribution in [0, 0.1) is 0 Å². The maximum absolute atomic E-state index is 10.8. The predicted molar refractivity (Wildman–Crippen MR) is 56.8 cm³/mol. The van der Waals surface area contributed by atoms with Crippen molar-refractivity contribution >= 4 is 11.9 Å². The molecule has 0 saturated carbocycles. The molecule has 0 aliphatic rings. The van der Waals surface area contributed by atoms with E-state index in [4.69, 9.17) is 15.6 Å². The van der Waals surface area contributed by atoms with Crippen LogP contribution >= 0.6 is 0 Å². The number of hydrogen-bond donors (Lipinski definition) is 2. The highest BCUT2D eigenvalue weighted by atomic mass is 16.5. The van der Waals surface area contributed by atoms with Gasteiger partial charge in [0.15, 0.2) is 6.10 Å². The van der Waals surface area contributed by atoms with Crippen molar-refractivity contribution in [3.63, 3.8) is 0 Å². The molecule has 3 N–H and O–H groups in total. The van der Waals surface area contributed by atoms with Crippen LogP contribution in [0.1, 0.15) is 22.8 Å². The van der Waals surface area contributed by atoms with Crippen LogP contribution in [0.2, 0.25) is 0 Å². The van der Waals surface area contributed by atoms with Gasteiger partial charge in [0.05, 0.1) is 6.61 Å². The first-order valence-electron chi connectivity index (χ1n) is 4.74. The molecule has 0 aromatic heterocycles. The second kappa shape index (κ2) is 5.27. The summed E-state index contributed by atoms with van der Waals surface area (Å²) in [5, 5.41) is 8.59. The van der Waals surface area contributed by atoms with Gasteiger partial charge >= 0.3 is 5.97 Å². The molecule has 0 saturated heterocycles. The summed E-state index contributed by atoms with van der Waals surface area (Å²) in [5.41, 5.74) is 6.28. The van der Waals surface area contributed by atoms with E-state index in [2.05, 4.69) is 0 Å². The summed E-state index contributed by atoms with van der Waals surface area (Å²) in [7, 11) is 0. The molecule has 5 nitrogen and oxygen atoms in total. The van der Waals surface area contributed by atoms with E-state index in [9.17, 15) is 9.59 Å². The molecule has 86 valence electrons.